The van der Waals surface area contributed by atoms with Crippen molar-refractivity contribution in [2.45, 2.75) is 7.43 Å². The molecular formula is C32H31Br2N11O4. The minimum absolute atomic E-state index is 0. The van der Waals surface area contributed by atoms with Gasteiger partial charge < -0.3 is 39.6 Å². The summed E-state index contributed by atoms with van der Waals surface area (Å²) in [7, 11) is 2.97. The zero-order chi connectivity index (χ0) is 33.9. The smallest absolute Gasteiger partial charge is 0.247 e. The number of H-pyrrole nitrogens is 4. The van der Waals surface area contributed by atoms with Crippen LogP contribution in [0.4, 0.5) is 23.3 Å². The predicted octanol–water partition coefficient (Wildman–Crippen LogP) is 9.63. The van der Waals surface area contributed by atoms with Crippen molar-refractivity contribution in [1.29, 1.82) is 0 Å². The number of hydrogen-bond acceptors (Lipinski definition) is 11. The number of phenols is 2. The van der Waals surface area contributed by atoms with Crippen LogP contribution in [0.2, 0.25) is 0 Å². The molecule has 0 aliphatic rings. The Morgan fingerprint density at radius 3 is 2.16 bits per heavy atom. The maximum absolute atomic E-state index is 9.81. The van der Waals surface area contributed by atoms with Gasteiger partial charge in [0.2, 0.25) is 5.95 Å². The van der Waals surface area contributed by atoms with E-state index in [1.54, 1.807) is 67.4 Å². The molecule has 6 rings (SSSR count). The maximum atomic E-state index is 9.81. The molecule has 0 saturated carbocycles. The lowest BCUT2D eigenvalue weighted by Gasteiger charge is -2.06. The highest BCUT2D eigenvalue weighted by Crippen LogP contribution is 2.38. The predicted molar refractivity (Wildman–Crippen MR) is 194 cm³/mol. The van der Waals surface area contributed by atoms with Gasteiger partial charge in [-0.1, -0.05) is 13.5 Å². The summed E-state index contributed by atoms with van der Waals surface area (Å²) in [4.78, 5) is 24.3. The molecule has 0 fully saturated rings. The lowest BCUT2D eigenvalue weighted by Crippen LogP contribution is -1.85. The van der Waals surface area contributed by atoms with Crippen LogP contribution in [-0.4, -0.2) is 59.3 Å². The Morgan fingerprint density at radius 1 is 0.714 bits per heavy atom. The van der Waals surface area contributed by atoms with Crippen LogP contribution < -0.4 is 9.47 Å². The van der Waals surface area contributed by atoms with Crippen LogP contribution in [0.1, 0.15) is 30.3 Å². The van der Waals surface area contributed by atoms with Crippen molar-refractivity contribution in [1.82, 2.24) is 34.9 Å². The second-order valence-electron chi connectivity index (χ2n) is 9.44. The van der Waals surface area contributed by atoms with Crippen molar-refractivity contribution in [2.24, 2.45) is 20.5 Å². The van der Waals surface area contributed by atoms with Gasteiger partial charge in [-0.3, -0.25) is 0 Å². The van der Waals surface area contributed by atoms with E-state index in [1.807, 2.05) is 24.3 Å². The fraction of sp³-hybridized carbons (Fsp3) is 0.0938. The molecule has 6 N–H and O–H groups in total. The second kappa shape index (κ2) is 17.4. The first-order valence-electron chi connectivity index (χ1n) is 13.9. The van der Waals surface area contributed by atoms with Crippen molar-refractivity contribution in [3.05, 3.63) is 99.2 Å². The number of ether oxygens (including phenoxy) is 2. The molecule has 6 aromatic rings. The molecular weight excluding hydrogens is 762 g/mol. The van der Waals surface area contributed by atoms with Crippen LogP contribution in [0.3, 0.4) is 0 Å². The highest BCUT2D eigenvalue weighted by Gasteiger charge is 2.09. The topological polar surface area (TPSA) is 210 Å². The van der Waals surface area contributed by atoms with Crippen molar-refractivity contribution in [3.63, 3.8) is 0 Å². The number of aromatic hydroxyl groups is 2. The molecule has 0 unspecified atom stereocenters. The highest BCUT2D eigenvalue weighted by molar-refractivity contribution is 9.11. The molecule has 4 aromatic heterocycles. The van der Waals surface area contributed by atoms with E-state index in [1.165, 1.54) is 14.2 Å². The van der Waals surface area contributed by atoms with Gasteiger partial charge in [0.05, 0.1) is 46.9 Å². The number of nitrogens with zero attached hydrogens (tertiary/aromatic N) is 7. The number of imidazole rings is 3. The molecule has 2 aromatic carbocycles. The summed E-state index contributed by atoms with van der Waals surface area (Å²) < 4.78 is 11.2. The van der Waals surface area contributed by atoms with Crippen LogP contribution in [0.5, 0.6) is 23.0 Å². The summed E-state index contributed by atoms with van der Waals surface area (Å²) in [6.45, 7) is 0. The van der Waals surface area contributed by atoms with E-state index < -0.39 is 0 Å². The molecule has 0 radical (unpaired) electrons. The fourth-order valence-corrected chi connectivity index (χ4v) is 4.74. The third kappa shape index (κ3) is 10.1. The van der Waals surface area contributed by atoms with Crippen LogP contribution in [0.25, 0.3) is 24.3 Å². The molecule has 0 aliphatic carbocycles. The van der Waals surface area contributed by atoms with Gasteiger partial charge in [0.25, 0.3) is 0 Å². The number of phenolic OH excluding ortho intramolecular Hbond substituents is 2. The van der Waals surface area contributed by atoms with E-state index in [0.717, 1.165) is 17.1 Å². The van der Waals surface area contributed by atoms with Gasteiger partial charge in [0.1, 0.15) is 11.6 Å². The molecule has 0 aliphatic heterocycles. The first-order valence-corrected chi connectivity index (χ1v) is 15.4. The summed E-state index contributed by atoms with van der Waals surface area (Å²) in [6.07, 6.45) is 15.7. The van der Waals surface area contributed by atoms with Crippen molar-refractivity contribution in [2.75, 3.05) is 14.2 Å². The summed E-state index contributed by atoms with van der Waals surface area (Å²) in [6, 6.07) is 10.4. The monoisotopic (exact) mass is 791 g/mol. The van der Waals surface area contributed by atoms with Crippen molar-refractivity contribution in [3.8, 4) is 23.0 Å². The Hall–Kier alpha value is -5.81. The lowest BCUT2D eigenvalue weighted by molar-refractivity contribution is 0.372. The van der Waals surface area contributed by atoms with E-state index in [-0.39, 0.29) is 18.9 Å². The zero-order valence-corrected chi connectivity index (χ0v) is 28.4. The quantitative estimate of drug-likeness (QED) is 0.0739. The molecule has 4 heterocycles. The molecule has 0 amide bonds. The van der Waals surface area contributed by atoms with Gasteiger partial charge in [-0.25, -0.2) is 15.0 Å². The Morgan fingerprint density at radius 2 is 1.45 bits per heavy atom. The minimum atomic E-state index is 0. The van der Waals surface area contributed by atoms with E-state index in [2.05, 4.69) is 87.2 Å². The van der Waals surface area contributed by atoms with Gasteiger partial charge >= 0.3 is 0 Å². The van der Waals surface area contributed by atoms with Gasteiger partial charge in [0.15, 0.2) is 34.6 Å². The van der Waals surface area contributed by atoms with E-state index in [0.29, 0.717) is 49.5 Å². The first kappa shape index (κ1) is 36.0. The second-order valence-corrected chi connectivity index (χ2v) is 11.2. The van der Waals surface area contributed by atoms with Crippen molar-refractivity contribution < 1.29 is 19.7 Å². The largest absolute Gasteiger partial charge is 0.503 e. The summed E-state index contributed by atoms with van der Waals surface area (Å²) in [5.74, 6) is 3.72. The Bertz CT molecular complexity index is 1920. The zero-order valence-electron chi connectivity index (χ0n) is 25.3. The molecule has 0 bridgehead atoms. The third-order valence-electron chi connectivity index (χ3n) is 6.15. The van der Waals surface area contributed by atoms with Gasteiger partial charge in [-0.05, 0) is 86.0 Å². The molecule has 49 heavy (non-hydrogen) atoms. The standard InChI is InChI=1S/C16H14BrN5O2.C15H13BrN6O2.CH4/c1-24-13-8-10(7-12(17)15(13)23)4-5-11-9-19-16(20-11)22-21-14-3-2-6-18-14;1-24-11-7-9(6-10(16)15(11)23)21-22-14-8-19-13(20-14)3-2-12-17-4-5-18-12;/h2-9,18,23H,1H3,(H,19,20);2-8,23H,1H3,(H,17,18)(H,19,20);1H4/b5-4+,22-21?;3-2+,22-21?;. The SMILES string of the molecule is C.COc1cc(/C=C/c2cnc(N=Nc3ccc[nH]3)[nH]2)cc(Br)c1O.COc1cc(N=Nc2cnc(/C=C/c3ncc[nH]3)[nH]2)cc(Br)c1O. The third-order valence-corrected chi connectivity index (χ3v) is 7.36. The van der Waals surface area contributed by atoms with Crippen molar-refractivity contribution >= 4 is 79.4 Å². The molecule has 0 saturated heterocycles. The number of hydrogen-bond donors (Lipinski definition) is 6. The van der Waals surface area contributed by atoms with E-state index >= 15 is 0 Å². The minimum Gasteiger partial charge on any atom is -0.503 e. The summed E-state index contributed by atoms with van der Waals surface area (Å²) >= 11 is 6.53. The lowest BCUT2D eigenvalue weighted by atomic mass is 10.2. The van der Waals surface area contributed by atoms with Crippen LogP contribution in [-0.2, 0) is 0 Å². The number of nitrogens with one attached hydrogen (secondary N) is 4. The summed E-state index contributed by atoms with van der Waals surface area (Å²) in [5.41, 5.74) is 2.16. The Labute approximate surface area is 297 Å². The van der Waals surface area contributed by atoms with E-state index in [4.69, 9.17) is 9.47 Å². The fourth-order valence-electron chi connectivity index (χ4n) is 3.85. The average molecular weight is 793 g/mol. The average Bonchev–Trinajstić information content (AvgIpc) is 3.93. The Kier molecular flexibility index (Phi) is 12.8. The highest BCUT2D eigenvalue weighted by atomic mass is 79.9. The number of aromatic amines is 4. The van der Waals surface area contributed by atoms with Crippen LogP contribution in [0, 0.1) is 0 Å². The van der Waals surface area contributed by atoms with Gasteiger partial charge in [0, 0.05) is 24.7 Å². The normalized spacial score (nSPS) is 11.3. The Balaban J connectivity index is 0.000000216. The van der Waals surface area contributed by atoms with Crippen LogP contribution >= 0.6 is 31.9 Å². The number of azo groups is 2. The number of aromatic nitrogens is 7. The number of rotatable bonds is 10. The number of methoxy groups -OCH3 is 2. The first-order chi connectivity index (χ1) is 23.3. The molecule has 15 nitrogen and oxygen atoms in total. The van der Waals surface area contributed by atoms with Gasteiger partial charge in [-0.2, -0.15) is 0 Å². The molecule has 17 heteroatoms. The van der Waals surface area contributed by atoms with E-state index in [9.17, 15) is 10.2 Å². The van der Waals surface area contributed by atoms with Gasteiger partial charge in [-0.15, -0.1) is 20.5 Å². The number of benzene rings is 2. The molecule has 0 atom stereocenters. The maximum Gasteiger partial charge on any atom is 0.247 e. The molecule has 252 valence electrons. The summed E-state index contributed by atoms with van der Waals surface area (Å²) in [5, 5.41) is 35.8. The molecule has 0 spiro atoms. The van der Waals surface area contributed by atoms with Crippen LogP contribution in [0.15, 0.2) is 96.8 Å². The number of halogens is 2.